The van der Waals surface area contributed by atoms with E-state index in [9.17, 15) is 21.2 Å². The van der Waals surface area contributed by atoms with Crippen LogP contribution in [0.1, 0.15) is 24.6 Å². The summed E-state index contributed by atoms with van der Waals surface area (Å²) in [5.41, 5.74) is 1.36. The Hall–Kier alpha value is -2.82. The second-order valence-corrected chi connectivity index (χ2v) is 11.8. The van der Waals surface area contributed by atoms with E-state index in [1.54, 1.807) is 43.5 Å². The summed E-state index contributed by atoms with van der Waals surface area (Å²) in [6, 6.07) is 9.99. The molecule has 0 fully saturated rings. The lowest BCUT2D eigenvalue weighted by Crippen LogP contribution is -2.18. The molecule has 0 saturated carbocycles. The smallest absolute Gasteiger partial charge is 0.232 e. The van der Waals surface area contributed by atoms with Gasteiger partial charge in [0.1, 0.15) is 10.7 Å². The summed E-state index contributed by atoms with van der Waals surface area (Å²) in [7, 11) is -8.62. The Kier molecular flexibility index (Phi) is 6.50. The van der Waals surface area contributed by atoms with Crippen molar-refractivity contribution in [3.8, 4) is 11.1 Å². The summed E-state index contributed by atoms with van der Waals surface area (Å²) in [5.74, 6) is -3.13. The molecule has 2 aromatic carbocycles. The highest BCUT2D eigenvalue weighted by Crippen LogP contribution is 2.39. The molecule has 1 heterocycles. The number of fused-ring (bicyclic) bond motifs is 1. The number of hydrogen-bond acceptors (Lipinski definition) is 5. The van der Waals surface area contributed by atoms with Crippen molar-refractivity contribution >= 4 is 42.1 Å². The van der Waals surface area contributed by atoms with E-state index in [0.717, 1.165) is 17.7 Å². The van der Waals surface area contributed by atoms with Crippen molar-refractivity contribution in [3.05, 3.63) is 82.7 Å². The molecule has 0 bridgehead atoms. The van der Waals surface area contributed by atoms with Gasteiger partial charge in [0.2, 0.25) is 19.9 Å². The predicted molar refractivity (Wildman–Crippen MR) is 128 cm³/mol. The second-order valence-electron chi connectivity index (χ2n) is 7.66. The third-order valence-corrected chi connectivity index (χ3v) is 8.85. The molecule has 11 heteroatoms. The van der Waals surface area contributed by atoms with Crippen LogP contribution in [0, 0.1) is 11.6 Å². The van der Waals surface area contributed by atoms with Crippen molar-refractivity contribution in [2.24, 2.45) is 0 Å². The van der Waals surface area contributed by atoms with E-state index >= 15 is 4.39 Å². The Bertz CT molecular complexity index is 1520. The minimum Gasteiger partial charge on any atom is -0.281 e. The van der Waals surface area contributed by atoms with Gasteiger partial charge in [-0.05, 0) is 42.3 Å². The SMILES string of the molecule is CCCS(=O)(=O)Nc1ccc(F)c(S(=O)(=O)C2=CCc3ncc(-c4ccc(Cl)cc4)cc32)c1F. The van der Waals surface area contributed by atoms with Gasteiger partial charge in [0.25, 0.3) is 0 Å². The second kappa shape index (κ2) is 9.09. The van der Waals surface area contributed by atoms with Crippen LogP contribution in [-0.2, 0) is 26.3 Å². The number of benzene rings is 2. The fourth-order valence-electron chi connectivity index (χ4n) is 3.68. The first-order chi connectivity index (χ1) is 16.0. The third-order valence-electron chi connectivity index (χ3n) is 5.24. The number of allylic oxidation sites excluding steroid dienone is 1. The summed E-state index contributed by atoms with van der Waals surface area (Å²) in [6.07, 6.45) is 3.34. The van der Waals surface area contributed by atoms with Gasteiger partial charge in [0, 0.05) is 28.8 Å². The summed E-state index contributed by atoms with van der Waals surface area (Å²) in [6.45, 7) is 1.62. The van der Waals surface area contributed by atoms with Crippen LogP contribution in [0.15, 0.2) is 59.6 Å². The maximum atomic E-state index is 15.2. The van der Waals surface area contributed by atoms with E-state index in [4.69, 9.17) is 11.6 Å². The molecule has 0 atom stereocenters. The molecule has 1 aromatic heterocycles. The van der Waals surface area contributed by atoms with Crippen LogP contribution in [0.5, 0.6) is 0 Å². The van der Waals surface area contributed by atoms with Crippen LogP contribution in [0.4, 0.5) is 14.5 Å². The Balaban J connectivity index is 1.78. The van der Waals surface area contributed by atoms with Crippen molar-refractivity contribution in [2.45, 2.75) is 24.7 Å². The molecule has 1 N–H and O–H groups in total. The van der Waals surface area contributed by atoms with Crippen molar-refractivity contribution in [3.63, 3.8) is 0 Å². The Labute approximate surface area is 201 Å². The first kappa shape index (κ1) is 24.3. The van der Waals surface area contributed by atoms with E-state index in [0.29, 0.717) is 16.3 Å². The lowest BCUT2D eigenvalue weighted by Gasteiger charge is -2.14. The standard InChI is InChI=1S/C23H19ClF2N2O4S2/c1-2-11-33(29,30)28-20-8-7-18(25)23(22(20)26)34(31,32)21-10-9-19-17(21)12-15(13-27-19)14-3-5-16(24)6-4-14/h3-8,10,12-13,28H,2,9,11H2,1H3. The number of nitrogens with zero attached hydrogens (tertiary/aromatic N) is 1. The number of aromatic nitrogens is 1. The van der Waals surface area contributed by atoms with Gasteiger partial charge in [-0.1, -0.05) is 36.7 Å². The highest BCUT2D eigenvalue weighted by atomic mass is 35.5. The van der Waals surface area contributed by atoms with Gasteiger partial charge in [0.15, 0.2) is 5.82 Å². The number of halogens is 3. The van der Waals surface area contributed by atoms with Crippen LogP contribution < -0.4 is 4.72 Å². The van der Waals surface area contributed by atoms with E-state index in [-0.39, 0.29) is 29.1 Å². The van der Waals surface area contributed by atoms with Crippen LogP contribution in [-0.4, -0.2) is 27.6 Å². The van der Waals surface area contributed by atoms with Gasteiger partial charge in [-0.25, -0.2) is 25.6 Å². The largest absolute Gasteiger partial charge is 0.281 e. The fraction of sp³-hybridized carbons (Fsp3) is 0.174. The minimum absolute atomic E-state index is 0.164. The molecule has 6 nitrogen and oxygen atoms in total. The van der Waals surface area contributed by atoms with Gasteiger partial charge >= 0.3 is 0 Å². The molecule has 0 spiro atoms. The first-order valence-electron chi connectivity index (χ1n) is 10.2. The molecule has 1 aliphatic rings. The van der Waals surface area contributed by atoms with Crippen molar-refractivity contribution < 1.29 is 25.6 Å². The maximum absolute atomic E-state index is 15.2. The number of anilines is 1. The molecule has 0 amide bonds. The zero-order chi connectivity index (χ0) is 24.7. The Morgan fingerprint density at radius 2 is 1.74 bits per heavy atom. The fourth-order valence-corrected chi connectivity index (χ4v) is 6.60. The van der Waals surface area contributed by atoms with Crippen molar-refractivity contribution in [1.82, 2.24) is 4.98 Å². The molecular formula is C23H19ClF2N2O4S2. The molecule has 1 aliphatic carbocycles. The lowest BCUT2D eigenvalue weighted by atomic mass is 10.1. The number of pyridine rings is 1. The summed E-state index contributed by atoms with van der Waals surface area (Å²) in [5, 5.41) is 0.529. The lowest BCUT2D eigenvalue weighted by molar-refractivity contribution is 0.524. The Morgan fingerprint density at radius 3 is 2.41 bits per heavy atom. The minimum atomic E-state index is -4.69. The number of nitrogens with one attached hydrogen (secondary N) is 1. The van der Waals surface area contributed by atoms with Crippen molar-refractivity contribution in [1.29, 1.82) is 0 Å². The van der Waals surface area contributed by atoms with Gasteiger partial charge < -0.3 is 0 Å². The molecule has 3 aromatic rings. The van der Waals surface area contributed by atoms with Crippen LogP contribution in [0.2, 0.25) is 5.02 Å². The molecule has 0 unspecified atom stereocenters. The van der Waals surface area contributed by atoms with Gasteiger partial charge in [-0.3, -0.25) is 9.71 Å². The zero-order valence-electron chi connectivity index (χ0n) is 17.8. The van der Waals surface area contributed by atoms with E-state index < -0.39 is 42.1 Å². The van der Waals surface area contributed by atoms with Crippen molar-refractivity contribution in [2.75, 3.05) is 10.5 Å². The average molecular weight is 525 g/mol. The quantitative estimate of drug-likeness (QED) is 0.458. The highest BCUT2D eigenvalue weighted by molar-refractivity contribution is 8.00. The number of hydrogen-bond donors (Lipinski definition) is 1. The number of rotatable bonds is 7. The molecule has 34 heavy (non-hydrogen) atoms. The molecular weight excluding hydrogens is 506 g/mol. The summed E-state index contributed by atoms with van der Waals surface area (Å²) >= 11 is 5.93. The summed E-state index contributed by atoms with van der Waals surface area (Å²) < 4.78 is 82.8. The third kappa shape index (κ3) is 4.57. The van der Waals surface area contributed by atoms with E-state index in [1.807, 2.05) is 4.72 Å². The van der Waals surface area contributed by atoms with Gasteiger partial charge in [-0.15, -0.1) is 0 Å². The van der Waals surface area contributed by atoms with Crippen LogP contribution in [0.3, 0.4) is 0 Å². The van der Waals surface area contributed by atoms with Crippen LogP contribution in [0.25, 0.3) is 16.0 Å². The van der Waals surface area contributed by atoms with E-state index in [2.05, 4.69) is 4.98 Å². The summed E-state index contributed by atoms with van der Waals surface area (Å²) in [4.78, 5) is 2.80. The monoisotopic (exact) mass is 524 g/mol. The normalized spacial score (nSPS) is 13.5. The van der Waals surface area contributed by atoms with Gasteiger partial charge in [0.05, 0.1) is 22.0 Å². The maximum Gasteiger partial charge on any atom is 0.232 e. The van der Waals surface area contributed by atoms with Crippen LogP contribution >= 0.6 is 11.6 Å². The first-order valence-corrected chi connectivity index (χ1v) is 13.7. The topological polar surface area (TPSA) is 93.2 Å². The molecule has 4 rings (SSSR count). The predicted octanol–water partition coefficient (Wildman–Crippen LogP) is 5.20. The molecule has 0 saturated heterocycles. The molecule has 178 valence electrons. The highest BCUT2D eigenvalue weighted by Gasteiger charge is 2.34. The molecule has 0 radical (unpaired) electrons. The Morgan fingerprint density at radius 1 is 1.03 bits per heavy atom. The number of sulfone groups is 1. The molecule has 0 aliphatic heterocycles. The average Bonchev–Trinajstić information content (AvgIpc) is 3.20. The zero-order valence-corrected chi connectivity index (χ0v) is 20.2. The van der Waals surface area contributed by atoms with E-state index in [1.165, 1.54) is 6.08 Å². The number of sulfonamides is 1. The van der Waals surface area contributed by atoms with Gasteiger partial charge in [-0.2, -0.15) is 0 Å².